The second kappa shape index (κ2) is 7.61. The first kappa shape index (κ1) is 18.2. The number of ether oxygens (including phenoxy) is 1. The van der Waals surface area contributed by atoms with Crippen LogP contribution in [0.3, 0.4) is 0 Å². The minimum Gasteiger partial charge on any atom is -0.497 e. The number of nitro groups is 1. The van der Waals surface area contributed by atoms with Gasteiger partial charge in [-0.3, -0.25) is 10.1 Å². The second-order valence-corrected chi connectivity index (χ2v) is 7.04. The van der Waals surface area contributed by atoms with Crippen molar-refractivity contribution in [3.8, 4) is 5.75 Å². The van der Waals surface area contributed by atoms with Gasteiger partial charge in [0.25, 0.3) is 5.69 Å². The van der Waals surface area contributed by atoms with Crippen LogP contribution in [0.15, 0.2) is 47.4 Å². The Balaban J connectivity index is 2.17. The highest BCUT2D eigenvalue weighted by molar-refractivity contribution is 7.89. The fraction of sp³-hybridized carbons (Fsp3) is 0.200. The van der Waals surface area contributed by atoms with Gasteiger partial charge in [0.2, 0.25) is 10.0 Å². The number of nitrogens with zero attached hydrogens (tertiary/aromatic N) is 1. The van der Waals surface area contributed by atoms with Crippen LogP contribution < -0.4 is 9.46 Å². The van der Waals surface area contributed by atoms with Crippen LogP contribution >= 0.6 is 11.6 Å². The quantitative estimate of drug-likeness (QED) is 0.596. The Morgan fingerprint density at radius 2 is 2.00 bits per heavy atom. The monoisotopic (exact) mass is 370 g/mol. The van der Waals surface area contributed by atoms with Crippen LogP contribution in [-0.4, -0.2) is 27.0 Å². The summed E-state index contributed by atoms with van der Waals surface area (Å²) in [4.78, 5) is 9.95. The number of halogens is 1. The molecule has 0 aliphatic heterocycles. The molecule has 0 fully saturated rings. The highest BCUT2D eigenvalue weighted by Gasteiger charge is 2.26. The standard InChI is InChI=1S/C15H15ClN2O5S/c1-23-13-5-6-15(14(10-13)18(19)20)24(21,22)17-8-7-11-3-2-4-12(16)9-11/h2-6,9-10,17H,7-8H2,1H3. The smallest absolute Gasteiger partial charge is 0.293 e. The van der Waals surface area contributed by atoms with Gasteiger partial charge in [-0.15, -0.1) is 0 Å². The first-order valence-corrected chi connectivity index (χ1v) is 8.76. The molecule has 0 atom stereocenters. The summed E-state index contributed by atoms with van der Waals surface area (Å²) in [5.74, 6) is 0.208. The zero-order chi connectivity index (χ0) is 17.7. The van der Waals surface area contributed by atoms with Crippen molar-refractivity contribution in [2.45, 2.75) is 11.3 Å². The van der Waals surface area contributed by atoms with Crippen molar-refractivity contribution in [1.29, 1.82) is 0 Å². The molecule has 2 aromatic carbocycles. The molecule has 0 unspecified atom stereocenters. The third-order valence-electron chi connectivity index (χ3n) is 3.25. The van der Waals surface area contributed by atoms with Crippen molar-refractivity contribution in [1.82, 2.24) is 4.72 Å². The van der Waals surface area contributed by atoms with E-state index in [1.165, 1.54) is 13.2 Å². The summed E-state index contributed by atoms with van der Waals surface area (Å²) in [5.41, 5.74) is 0.319. The highest BCUT2D eigenvalue weighted by Crippen LogP contribution is 2.28. The third-order valence-corrected chi connectivity index (χ3v) is 4.99. The number of nitrogens with one attached hydrogen (secondary N) is 1. The van der Waals surface area contributed by atoms with Crippen molar-refractivity contribution in [3.05, 3.63) is 63.2 Å². The molecule has 0 amide bonds. The Hall–Kier alpha value is -2.16. The maximum Gasteiger partial charge on any atom is 0.293 e. The van der Waals surface area contributed by atoms with Crippen LogP contribution in [0.1, 0.15) is 5.56 Å². The van der Waals surface area contributed by atoms with E-state index in [2.05, 4.69) is 4.72 Å². The molecule has 9 heteroatoms. The van der Waals surface area contributed by atoms with E-state index >= 15 is 0 Å². The largest absolute Gasteiger partial charge is 0.497 e. The van der Waals surface area contributed by atoms with E-state index < -0.39 is 25.5 Å². The van der Waals surface area contributed by atoms with Crippen LogP contribution in [-0.2, 0) is 16.4 Å². The Labute approximate surface area is 144 Å². The normalized spacial score (nSPS) is 11.2. The summed E-state index contributed by atoms with van der Waals surface area (Å²) in [5, 5.41) is 11.7. The fourth-order valence-electron chi connectivity index (χ4n) is 2.09. The molecule has 0 aromatic heterocycles. The summed E-state index contributed by atoms with van der Waals surface area (Å²) in [6, 6.07) is 10.6. The van der Waals surface area contributed by atoms with Crippen LogP contribution in [0.4, 0.5) is 5.69 Å². The van der Waals surface area contributed by atoms with Gasteiger partial charge in [0.1, 0.15) is 5.75 Å². The van der Waals surface area contributed by atoms with Gasteiger partial charge >= 0.3 is 0 Å². The van der Waals surface area contributed by atoms with E-state index in [4.69, 9.17) is 16.3 Å². The Morgan fingerprint density at radius 1 is 1.25 bits per heavy atom. The first-order valence-electron chi connectivity index (χ1n) is 6.90. The molecule has 0 spiro atoms. The number of hydrogen-bond donors (Lipinski definition) is 1. The molecule has 2 aromatic rings. The van der Waals surface area contributed by atoms with E-state index in [9.17, 15) is 18.5 Å². The van der Waals surface area contributed by atoms with Gasteiger partial charge in [0.15, 0.2) is 4.90 Å². The van der Waals surface area contributed by atoms with Crippen molar-refractivity contribution in [2.75, 3.05) is 13.7 Å². The van der Waals surface area contributed by atoms with Gasteiger partial charge in [-0.2, -0.15) is 0 Å². The van der Waals surface area contributed by atoms with Gasteiger partial charge in [0.05, 0.1) is 18.1 Å². The number of methoxy groups -OCH3 is 1. The lowest BCUT2D eigenvalue weighted by Gasteiger charge is -2.08. The van der Waals surface area contributed by atoms with Crippen LogP contribution in [0, 0.1) is 10.1 Å². The number of sulfonamides is 1. The van der Waals surface area contributed by atoms with Gasteiger partial charge in [-0.25, -0.2) is 13.1 Å². The highest BCUT2D eigenvalue weighted by atomic mass is 35.5. The minimum absolute atomic E-state index is 0.0891. The number of nitro benzene ring substituents is 1. The summed E-state index contributed by atoms with van der Waals surface area (Å²) in [6.45, 7) is 0.0891. The molecular weight excluding hydrogens is 356 g/mol. The van der Waals surface area contributed by atoms with Crippen molar-refractivity contribution in [3.63, 3.8) is 0 Å². The van der Waals surface area contributed by atoms with Crippen LogP contribution in [0.25, 0.3) is 0 Å². The maximum absolute atomic E-state index is 12.3. The maximum atomic E-state index is 12.3. The summed E-state index contributed by atoms with van der Waals surface area (Å²) in [6.07, 6.45) is 0.406. The van der Waals surface area contributed by atoms with Gasteiger partial charge in [0, 0.05) is 11.6 Å². The predicted octanol–water partition coefficient (Wildman–Crippen LogP) is 2.78. The molecular formula is C15H15ClN2O5S. The minimum atomic E-state index is -4.02. The molecule has 2 rings (SSSR count). The Bertz CT molecular complexity index is 855. The summed E-state index contributed by atoms with van der Waals surface area (Å²) >= 11 is 5.87. The summed E-state index contributed by atoms with van der Waals surface area (Å²) in [7, 11) is -2.68. The van der Waals surface area contributed by atoms with E-state index in [0.29, 0.717) is 11.4 Å². The van der Waals surface area contributed by atoms with Gasteiger partial charge in [-0.05, 0) is 36.2 Å². The molecule has 0 aliphatic carbocycles. The molecule has 1 N–H and O–H groups in total. The van der Waals surface area contributed by atoms with E-state index in [0.717, 1.165) is 17.7 Å². The average Bonchev–Trinajstić information content (AvgIpc) is 2.54. The molecule has 0 heterocycles. The molecule has 0 saturated carbocycles. The van der Waals surface area contributed by atoms with Gasteiger partial charge < -0.3 is 4.74 Å². The van der Waals surface area contributed by atoms with Gasteiger partial charge in [-0.1, -0.05) is 23.7 Å². The second-order valence-electron chi connectivity index (χ2n) is 4.87. The molecule has 0 bridgehead atoms. The lowest BCUT2D eigenvalue weighted by Crippen LogP contribution is -2.26. The lowest BCUT2D eigenvalue weighted by atomic mass is 10.2. The number of hydrogen-bond acceptors (Lipinski definition) is 5. The molecule has 24 heavy (non-hydrogen) atoms. The van der Waals surface area contributed by atoms with Crippen LogP contribution in [0.5, 0.6) is 5.75 Å². The zero-order valence-corrected chi connectivity index (χ0v) is 14.3. The van der Waals surface area contributed by atoms with E-state index in [1.54, 1.807) is 18.2 Å². The zero-order valence-electron chi connectivity index (χ0n) is 12.7. The van der Waals surface area contributed by atoms with Crippen LogP contribution in [0.2, 0.25) is 5.02 Å². The summed E-state index contributed by atoms with van der Waals surface area (Å²) < 4.78 is 31.9. The third kappa shape index (κ3) is 4.44. The number of rotatable bonds is 7. The topological polar surface area (TPSA) is 98.5 Å². The SMILES string of the molecule is COc1ccc(S(=O)(=O)NCCc2cccc(Cl)c2)c([N+](=O)[O-])c1. The molecule has 128 valence electrons. The Kier molecular flexibility index (Phi) is 5.76. The van der Waals surface area contributed by atoms with Crippen molar-refractivity contribution in [2.24, 2.45) is 0 Å². The molecule has 0 saturated heterocycles. The van der Waals surface area contributed by atoms with Crippen molar-refractivity contribution >= 4 is 27.3 Å². The molecule has 7 nitrogen and oxygen atoms in total. The van der Waals surface area contributed by atoms with E-state index in [1.807, 2.05) is 6.07 Å². The van der Waals surface area contributed by atoms with E-state index in [-0.39, 0.29) is 12.3 Å². The number of benzene rings is 2. The predicted molar refractivity (Wildman–Crippen MR) is 90.0 cm³/mol. The molecule has 0 aliphatic rings. The Morgan fingerprint density at radius 3 is 2.62 bits per heavy atom. The first-order chi connectivity index (χ1) is 11.3. The fourth-order valence-corrected chi connectivity index (χ4v) is 3.49. The van der Waals surface area contributed by atoms with Crippen molar-refractivity contribution < 1.29 is 18.1 Å². The lowest BCUT2D eigenvalue weighted by molar-refractivity contribution is -0.387. The average molecular weight is 371 g/mol. The molecule has 0 radical (unpaired) electrons.